The molecule has 2 unspecified atom stereocenters. The molecule has 0 saturated carbocycles. The molecule has 0 aliphatic carbocycles. The first-order chi connectivity index (χ1) is 23.7. The van der Waals surface area contributed by atoms with Crippen LogP contribution in [-0.4, -0.2) is 90.0 Å². The number of aromatic nitrogens is 5. The Morgan fingerprint density at radius 2 is 1.75 bits per heavy atom. The number of halogens is 6. The van der Waals surface area contributed by atoms with Gasteiger partial charge in [0.15, 0.2) is 18.2 Å². The third kappa shape index (κ3) is 15.9. The number of nitrogens with zero attached hydrogens (tertiary/aromatic N) is 5. The van der Waals surface area contributed by atoms with Crippen LogP contribution < -0.4 is 16.4 Å². The van der Waals surface area contributed by atoms with Crippen LogP contribution in [0, 0.1) is 5.82 Å². The van der Waals surface area contributed by atoms with Gasteiger partial charge >= 0.3 is 18.1 Å². The zero-order valence-electron chi connectivity index (χ0n) is 29.9. The van der Waals surface area contributed by atoms with Crippen LogP contribution >= 0.6 is 46.7 Å². The van der Waals surface area contributed by atoms with E-state index in [1.165, 1.54) is 18.4 Å². The number of anilines is 2. The van der Waals surface area contributed by atoms with E-state index in [0.717, 1.165) is 30.9 Å². The maximum atomic E-state index is 14.3. The number of ether oxygens (including phenoxy) is 1. The van der Waals surface area contributed by atoms with Crippen molar-refractivity contribution in [3.05, 3.63) is 38.7 Å². The molecule has 1 aromatic carbocycles. The maximum Gasteiger partial charge on any atom is 0.434 e. The van der Waals surface area contributed by atoms with E-state index in [-0.39, 0.29) is 40.0 Å². The molecule has 0 aliphatic heterocycles. The van der Waals surface area contributed by atoms with Crippen molar-refractivity contribution in [1.82, 2.24) is 24.7 Å². The van der Waals surface area contributed by atoms with E-state index < -0.39 is 53.6 Å². The van der Waals surface area contributed by atoms with E-state index in [2.05, 4.69) is 67.4 Å². The van der Waals surface area contributed by atoms with Crippen LogP contribution in [-0.2, 0) is 27.3 Å². The van der Waals surface area contributed by atoms with Gasteiger partial charge in [-0.15, -0.1) is 0 Å². The number of carbonyl (C=O) groups excluding carboxylic acids is 1. The summed E-state index contributed by atoms with van der Waals surface area (Å²) in [7, 11) is -2.02. The lowest BCUT2D eigenvalue weighted by molar-refractivity contribution is -0.144. The highest BCUT2D eigenvalue weighted by Gasteiger charge is 2.39. The topological polar surface area (TPSA) is 207 Å². The largest absolute Gasteiger partial charge is 0.480 e. The van der Waals surface area contributed by atoms with Crippen molar-refractivity contribution in [1.29, 1.82) is 0 Å². The summed E-state index contributed by atoms with van der Waals surface area (Å²) in [5, 5.41) is 18.8. The minimum Gasteiger partial charge on any atom is -0.480 e. The lowest BCUT2D eigenvalue weighted by atomic mass is 10.1. The Morgan fingerprint density at radius 1 is 1.17 bits per heavy atom. The second-order valence-corrected chi connectivity index (χ2v) is 16.8. The average molecular weight is 866 g/mol. The number of carboxylic acids is 1. The minimum absolute atomic E-state index is 0.0412. The number of thioether (sulfide) groups is 1. The number of esters is 1. The summed E-state index contributed by atoms with van der Waals surface area (Å²) in [6.07, 6.45) is -3.19. The van der Waals surface area contributed by atoms with Crippen molar-refractivity contribution in [2.45, 2.75) is 77.0 Å². The van der Waals surface area contributed by atoms with E-state index in [1.807, 2.05) is 13.2 Å². The fourth-order valence-corrected chi connectivity index (χ4v) is 5.84. The van der Waals surface area contributed by atoms with Gasteiger partial charge in [0.2, 0.25) is 11.9 Å². The Labute approximate surface area is 316 Å². The molecular formula is C30H43BrClF4N8O6PS. The van der Waals surface area contributed by atoms with Gasteiger partial charge in [0.1, 0.15) is 17.6 Å². The molecule has 0 saturated heterocycles. The molecule has 0 fully saturated rings. The van der Waals surface area contributed by atoms with Crippen molar-refractivity contribution in [3.8, 4) is 11.3 Å². The molecule has 22 heteroatoms. The van der Waals surface area contributed by atoms with E-state index in [0.29, 0.717) is 16.6 Å². The van der Waals surface area contributed by atoms with Crippen LogP contribution in [0.3, 0.4) is 0 Å². The number of aryl methyl sites for hydroxylation is 1. The summed E-state index contributed by atoms with van der Waals surface area (Å²) in [6, 6.07) is 0.827. The molecule has 14 nitrogen and oxygen atoms in total. The van der Waals surface area contributed by atoms with Gasteiger partial charge in [0.25, 0.3) is 0 Å². The molecule has 0 spiro atoms. The fraction of sp³-hybridized carbons (Fsp3) is 0.533. The fourth-order valence-electron chi connectivity index (χ4n) is 3.72. The molecule has 52 heavy (non-hydrogen) atoms. The number of nitrogens with two attached hydrogens (primary N) is 1. The molecule has 3 rings (SSSR count). The quantitative estimate of drug-likeness (QED) is 0.0562. The molecule has 2 atom stereocenters. The van der Waals surface area contributed by atoms with Crippen LogP contribution in [0.25, 0.3) is 11.3 Å². The van der Waals surface area contributed by atoms with Crippen molar-refractivity contribution in [2.24, 2.45) is 12.8 Å². The third-order valence-electron chi connectivity index (χ3n) is 5.92. The van der Waals surface area contributed by atoms with Crippen molar-refractivity contribution in [3.63, 3.8) is 0 Å². The number of aliphatic carboxylic acids is 1. The molecule has 6 N–H and O–H groups in total. The number of carbonyl (C=O) groups is 2. The standard InChI is InChI=1S/C15H12BrClF4N2O2.C10H19N5S.C5H12NO4P/c1-6(2)25-14(24)7-4-8(10(18)5-9(7)17)12-11(16)13(15(19,20)21)23(3)22-12;1-6-11-7-12-8(15-10(2,3)4)14-9(13-7)16-5;1-11(9,10)3-2-4(6)5(7)8/h4-6H,1-3H3;6H2,1-5H3,(H2,11,12,13,14,15);4H,2-3,6H2,1H3,(H,7,8)(H,9,10). The van der Waals surface area contributed by atoms with Gasteiger partial charge in [-0.1, -0.05) is 23.4 Å². The predicted molar refractivity (Wildman–Crippen MR) is 197 cm³/mol. The summed E-state index contributed by atoms with van der Waals surface area (Å²) >= 11 is 10.2. The number of nitrogens with one attached hydrogen (secondary N) is 2. The number of benzene rings is 1. The van der Waals surface area contributed by atoms with Gasteiger partial charge in [-0.3, -0.25) is 14.0 Å². The van der Waals surface area contributed by atoms with Crippen LogP contribution in [0.1, 0.15) is 64.0 Å². The molecule has 3 aromatic rings. The highest BCUT2D eigenvalue weighted by atomic mass is 79.9. The number of alkyl halides is 3. The third-order valence-corrected chi connectivity index (χ3v) is 8.62. The van der Waals surface area contributed by atoms with E-state index in [9.17, 15) is 31.7 Å². The Balaban J connectivity index is 0.000000429. The van der Waals surface area contributed by atoms with Gasteiger partial charge in [0, 0.05) is 37.5 Å². The van der Waals surface area contributed by atoms with E-state index in [1.54, 1.807) is 13.8 Å². The highest BCUT2D eigenvalue weighted by molar-refractivity contribution is 9.10. The van der Waals surface area contributed by atoms with Crippen LogP contribution in [0.4, 0.5) is 29.5 Å². The van der Waals surface area contributed by atoms with Crippen molar-refractivity contribution >= 4 is 70.5 Å². The van der Waals surface area contributed by atoms with Crippen LogP contribution in [0.2, 0.25) is 5.02 Å². The Hall–Kier alpha value is -3.03. The summed E-state index contributed by atoms with van der Waals surface area (Å²) in [4.78, 5) is 43.8. The summed E-state index contributed by atoms with van der Waals surface area (Å²) < 4.78 is 69.3. The van der Waals surface area contributed by atoms with Gasteiger partial charge in [-0.05, 0) is 82.3 Å². The first-order valence-electron chi connectivity index (χ1n) is 15.3. The zero-order valence-corrected chi connectivity index (χ0v) is 33.9. The second kappa shape index (κ2) is 19.9. The molecule has 2 heterocycles. The first-order valence-corrected chi connectivity index (χ1v) is 20.0. The van der Waals surface area contributed by atoms with Gasteiger partial charge < -0.3 is 31.1 Å². The normalized spacial score (nSPS) is 13.2. The number of hydrogen-bond donors (Lipinski definition) is 5. The minimum atomic E-state index is -4.69. The Kier molecular flexibility index (Phi) is 18.0. The van der Waals surface area contributed by atoms with Gasteiger partial charge in [0.05, 0.1) is 21.2 Å². The molecular weight excluding hydrogens is 823 g/mol. The Bertz CT molecular complexity index is 1740. The summed E-state index contributed by atoms with van der Waals surface area (Å²) in [6.45, 7) is 13.4. The maximum absolute atomic E-state index is 14.3. The predicted octanol–water partition coefficient (Wildman–Crippen LogP) is 7.15. The first kappa shape index (κ1) is 47.0. The summed E-state index contributed by atoms with van der Waals surface area (Å²) in [5.41, 5.74) is 3.18. The van der Waals surface area contributed by atoms with E-state index in [4.69, 9.17) is 32.1 Å². The SMILES string of the molecule is CC(C)OC(=O)c1cc(-c2nn(C)c(C(F)(F)F)c2Br)c(F)cc1Cl.CCNc1nc(NC(C)(C)C)nc(SC)n1.CP(=O)(O)CCC(N)C(=O)O. The average Bonchev–Trinajstić information content (AvgIpc) is 3.28. The van der Waals surface area contributed by atoms with Crippen LogP contribution in [0.15, 0.2) is 21.8 Å². The van der Waals surface area contributed by atoms with Crippen LogP contribution in [0.5, 0.6) is 0 Å². The molecule has 0 bridgehead atoms. The molecule has 0 amide bonds. The monoisotopic (exact) mass is 864 g/mol. The second-order valence-electron chi connectivity index (χ2n) is 12.3. The molecule has 0 aliphatic rings. The highest BCUT2D eigenvalue weighted by Crippen LogP contribution is 2.41. The number of carboxylic acid groups (broad SMARTS) is 1. The Morgan fingerprint density at radius 3 is 2.19 bits per heavy atom. The number of rotatable bonds is 11. The van der Waals surface area contributed by atoms with E-state index >= 15 is 0 Å². The van der Waals surface area contributed by atoms with Gasteiger partial charge in [-0.2, -0.15) is 33.2 Å². The lowest BCUT2D eigenvalue weighted by Gasteiger charge is -2.20. The zero-order chi connectivity index (χ0) is 40.4. The van der Waals surface area contributed by atoms with Crippen molar-refractivity contribution < 1.29 is 46.5 Å². The number of hydrogen-bond acceptors (Lipinski definition) is 12. The smallest absolute Gasteiger partial charge is 0.434 e. The molecule has 2 aromatic heterocycles. The lowest BCUT2D eigenvalue weighted by Crippen LogP contribution is -2.30. The van der Waals surface area contributed by atoms with Crippen molar-refractivity contribution in [2.75, 3.05) is 36.3 Å². The molecule has 0 radical (unpaired) electrons. The van der Waals surface area contributed by atoms with Gasteiger partial charge in [-0.25, -0.2) is 9.18 Å². The summed E-state index contributed by atoms with van der Waals surface area (Å²) in [5.74, 6) is -1.64. The molecule has 292 valence electrons.